The first-order valence-electron chi connectivity index (χ1n) is 21.3. The minimum atomic E-state index is -4.45. The molecule has 0 saturated carbocycles. The van der Waals surface area contributed by atoms with Crippen LogP contribution in [0.2, 0.25) is 0 Å². The van der Waals surface area contributed by atoms with Gasteiger partial charge in [-0.15, -0.1) is 0 Å². The van der Waals surface area contributed by atoms with E-state index in [1.807, 2.05) is 49.4 Å². The molecule has 0 bridgehead atoms. The summed E-state index contributed by atoms with van der Waals surface area (Å²) >= 11 is 0. The maximum Gasteiger partial charge on any atom is 0.303 e. The smallest absolute Gasteiger partial charge is 0.303 e. The van der Waals surface area contributed by atoms with Crippen molar-refractivity contribution in [2.75, 3.05) is 51.2 Å². The Morgan fingerprint density at radius 2 is 1.46 bits per heavy atom. The van der Waals surface area contributed by atoms with Crippen LogP contribution < -0.4 is 4.90 Å². The van der Waals surface area contributed by atoms with E-state index in [0.29, 0.717) is 38.0 Å². The number of carbonyl (C=O) groups is 1. The van der Waals surface area contributed by atoms with Crippen molar-refractivity contribution in [3.8, 4) is 0 Å². The number of anilines is 1. The summed E-state index contributed by atoms with van der Waals surface area (Å²) in [6.07, 6.45) is 17.8. The minimum Gasteiger partial charge on any atom is -0.481 e. The Labute approximate surface area is 371 Å². The van der Waals surface area contributed by atoms with E-state index in [9.17, 15) is 35.8 Å². The molecule has 3 N–H and O–H groups in total. The SMILES string of the molecule is COCCc1ccc2c3c(ccc2c1)[N+](CCCCCC(=O)O)=C(C=CC=CC=CC=C1N(CCOC)c2ccc4cc(S(=O)(=O)O)ccc4c2C1(C)CCCS(=O)(=O)O)C3(C)C. The molecule has 0 amide bonds. The van der Waals surface area contributed by atoms with Gasteiger partial charge >= 0.3 is 5.97 Å². The highest BCUT2D eigenvalue weighted by molar-refractivity contribution is 7.86. The van der Waals surface area contributed by atoms with Crippen LogP contribution >= 0.6 is 0 Å². The molecule has 0 aromatic heterocycles. The van der Waals surface area contributed by atoms with E-state index in [1.54, 1.807) is 26.4 Å². The number of carboxylic acid groups (broad SMARTS) is 1. The predicted octanol–water partition coefficient (Wildman–Crippen LogP) is 9.09. The van der Waals surface area contributed by atoms with E-state index < -0.39 is 37.4 Å². The Bertz CT molecular complexity index is 2750. The van der Waals surface area contributed by atoms with Crippen molar-refractivity contribution in [3.63, 3.8) is 0 Å². The van der Waals surface area contributed by atoms with Gasteiger partial charge in [-0.25, -0.2) is 0 Å². The van der Waals surface area contributed by atoms with Crippen LogP contribution in [-0.2, 0) is 51.8 Å². The molecule has 4 aromatic carbocycles. The third-order valence-corrected chi connectivity index (χ3v) is 13.9. The summed E-state index contributed by atoms with van der Waals surface area (Å²) in [6, 6.07) is 19.2. The average Bonchev–Trinajstić information content (AvgIpc) is 3.59. The lowest BCUT2D eigenvalue weighted by atomic mass is 9.76. The molecule has 6 rings (SSSR count). The van der Waals surface area contributed by atoms with Crippen LogP contribution in [0.4, 0.5) is 11.4 Å². The summed E-state index contributed by atoms with van der Waals surface area (Å²) in [4.78, 5) is 13.1. The van der Waals surface area contributed by atoms with Crippen LogP contribution in [0.5, 0.6) is 0 Å². The third-order valence-electron chi connectivity index (χ3n) is 12.3. The number of fused-ring (bicyclic) bond motifs is 6. The fourth-order valence-electron chi connectivity index (χ4n) is 9.34. The van der Waals surface area contributed by atoms with Gasteiger partial charge in [0, 0.05) is 68.1 Å². The largest absolute Gasteiger partial charge is 0.481 e. The van der Waals surface area contributed by atoms with Gasteiger partial charge in [0.2, 0.25) is 5.69 Å². The Hall–Kier alpha value is -4.96. The molecule has 1 unspecified atom stereocenters. The number of methoxy groups -OCH3 is 2. The molecule has 0 aliphatic carbocycles. The number of allylic oxidation sites excluding steroid dienone is 8. The van der Waals surface area contributed by atoms with Gasteiger partial charge in [0.1, 0.15) is 6.54 Å². The van der Waals surface area contributed by atoms with Crippen LogP contribution in [-0.4, -0.2) is 93.6 Å². The van der Waals surface area contributed by atoms with Crippen LogP contribution in [0.15, 0.2) is 114 Å². The van der Waals surface area contributed by atoms with E-state index in [0.717, 1.165) is 59.5 Å². The normalized spacial score (nSPS) is 18.3. The molecule has 0 fully saturated rings. The summed E-state index contributed by atoms with van der Waals surface area (Å²) in [5.41, 5.74) is 6.35. The lowest BCUT2D eigenvalue weighted by molar-refractivity contribution is -0.438. The third kappa shape index (κ3) is 10.7. The quantitative estimate of drug-likeness (QED) is 0.0316. The van der Waals surface area contributed by atoms with Crippen molar-refractivity contribution in [1.82, 2.24) is 0 Å². The molecule has 12 nitrogen and oxygen atoms in total. The van der Waals surface area contributed by atoms with Gasteiger partial charge in [0.05, 0.1) is 29.3 Å². The van der Waals surface area contributed by atoms with Gasteiger partial charge in [-0.1, -0.05) is 60.7 Å². The molecular weight excluding hydrogens is 841 g/mol. The first kappa shape index (κ1) is 47.5. The topological polar surface area (TPSA) is 171 Å². The highest BCUT2D eigenvalue weighted by Crippen LogP contribution is 2.53. The maximum absolute atomic E-state index is 12.0. The minimum absolute atomic E-state index is 0.159. The monoisotopic (exact) mass is 899 g/mol. The lowest BCUT2D eigenvalue weighted by Crippen LogP contribution is -2.31. The van der Waals surface area contributed by atoms with Crippen LogP contribution in [0.1, 0.15) is 76.0 Å². The molecule has 2 heterocycles. The van der Waals surface area contributed by atoms with Gasteiger partial charge in [-0.2, -0.15) is 21.4 Å². The molecule has 0 saturated heterocycles. The van der Waals surface area contributed by atoms with Crippen molar-refractivity contribution in [1.29, 1.82) is 0 Å². The first-order chi connectivity index (χ1) is 29.9. The Morgan fingerprint density at radius 1 is 0.778 bits per heavy atom. The van der Waals surface area contributed by atoms with E-state index in [4.69, 9.17) is 9.47 Å². The predicted molar refractivity (Wildman–Crippen MR) is 250 cm³/mol. The summed E-state index contributed by atoms with van der Waals surface area (Å²) in [6.45, 7) is 8.83. The molecule has 2 aliphatic heterocycles. The fourth-order valence-corrected chi connectivity index (χ4v) is 10.4. The summed E-state index contributed by atoms with van der Waals surface area (Å²) < 4.78 is 80.3. The molecule has 0 spiro atoms. The molecule has 63 heavy (non-hydrogen) atoms. The average molecular weight is 900 g/mol. The Morgan fingerprint density at radius 3 is 2.17 bits per heavy atom. The summed E-state index contributed by atoms with van der Waals surface area (Å²) in [5.74, 6) is -1.19. The molecule has 336 valence electrons. The summed E-state index contributed by atoms with van der Waals surface area (Å²) in [5, 5.41) is 12.9. The zero-order valence-electron chi connectivity index (χ0n) is 36.7. The van der Waals surface area contributed by atoms with E-state index in [-0.39, 0.29) is 23.2 Å². The second-order valence-electron chi connectivity index (χ2n) is 17.0. The Kier molecular flexibility index (Phi) is 15.0. The lowest BCUT2D eigenvalue weighted by Gasteiger charge is -2.30. The standard InChI is InChI=1S/C49H58N2O10S2/c1-48(2)43(50(28-13-9-12-17-45(52)53)41-24-19-36-33-35(26-30-60-4)18-22-39(36)46(41)48)15-10-7-6-8-11-16-44-49(3,27-14-32-62(54,55)56)47-40-23-21-38(63(57,58)59)34-37(40)20-25-42(47)51(44)29-31-61-5/h6-8,10-11,15-16,18-25,33-34H,9,12-14,17,26-32H2,1-5H3,(H2-,52,53,54,55,56,57,58,59)/p+1. The highest BCUT2D eigenvalue weighted by Gasteiger charge is 2.46. The van der Waals surface area contributed by atoms with Crippen molar-refractivity contribution < 1.29 is 49.9 Å². The first-order valence-corrected chi connectivity index (χ1v) is 24.4. The van der Waals surface area contributed by atoms with E-state index in [2.05, 4.69) is 59.7 Å². The maximum atomic E-state index is 12.0. The van der Waals surface area contributed by atoms with Gasteiger partial charge in [0.25, 0.3) is 20.2 Å². The second kappa shape index (κ2) is 19.8. The number of unbranched alkanes of at least 4 members (excludes halogenated alkanes) is 2. The van der Waals surface area contributed by atoms with Crippen molar-refractivity contribution in [2.24, 2.45) is 0 Å². The molecule has 0 radical (unpaired) electrons. The van der Waals surface area contributed by atoms with Gasteiger partial charge < -0.3 is 19.5 Å². The van der Waals surface area contributed by atoms with Crippen molar-refractivity contribution in [3.05, 3.63) is 126 Å². The van der Waals surface area contributed by atoms with Crippen molar-refractivity contribution in [2.45, 2.75) is 81.4 Å². The van der Waals surface area contributed by atoms with E-state index >= 15 is 0 Å². The number of rotatable bonds is 21. The summed E-state index contributed by atoms with van der Waals surface area (Å²) in [7, 11) is -5.34. The van der Waals surface area contributed by atoms with Crippen LogP contribution in [0.3, 0.4) is 0 Å². The fraction of sp³-hybridized carbons (Fsp3) is 0.388. The molecular formula is C49H59N2O10S2+. The number of hydrogen-bond acceptors (Lipinski definition) is 8. The zero-order valence-corrected chi connectivity index (χ0v) is 38.3. The van der Waals surface area contributed by atoms with E-state index in [1.165, 1.54) is 34.0 Å². The number of ether oxygens (including phenoxy) is 2. The molecule has 1 atom stereocenters. The number of nitrogens with zero attached hydrogens (tertiary/aromatic N) is 2. The molecule has 14 heteroatoms. The number of benzene rings is 4. The van der Waals surface area contributed by atoms with Crippen LogP contribution in [0.25, 0.3) is 21.5 Å². The molecule has 4 aromatic rings. The highest BCUT2D eigenvalue weighted by atomic mass is 32.2. The van der Waals surface area contributed by atoms with Crippen molar-refractivity contribution >= 4 is 64.8 Å². The molecule has 2 aliphatic rings. The number of aliphatic carboxylic acids is 1. The zero-order chi connectivity index (χ0) is 45.6. The van der Waals surface area contributed by atoms with Gasteiger partial charge in [-0.3, -0.25) is 13.9 Å². The van der Waals surface area contributed by atoms with Gasteiger partial charge in [-0.05, 0) is 116 Å². The number of carboxylic acids is 1. The Balaban J connectivity index is 1.32. The number of hydrogen-bond donors (Lipinski definition) is 3. The second-order valence-corrected chi connectivity index (χ2v) is 20.0. The van der Waals surface area contributed by atoms with Crippen LogP contribution in [0, 0.1) is 0 Å². The van der Waals surface area contributed by atoms with Gasteiger partial charge in [0.15, 0.2) is 5.71 Å².